The number of aromatic nitrogens is 4. The van der Waals surface area contributed by atoms with Crippen molar-refractivity contribution in [2.75, 3.05) is 20.2 Å². The summed E-state index contributed by atoms with van der Waals surface area (Å²) in [6.07, 6.45) is 4.57. The van der Waals surface area contributed by atoms with E-state index in [-0.39, 0.29) is 0 Å². The number of nitrogens with zero attached hydrogens (tertiary/aromatic N) is 5. The Bertz CT molecular complexity index is 1300. The molecule has 0 amide bonds. The third-order valence-electron chi connectivity index (χ3n) is 5.61. The number of benzene rings is 2. The third kappa shape index (κ3) is 4.55. The molecule has 2 aromatic carbocycles. The summed E-state index contributed by atoms with van der Waals surface area (Å²) >= 11 is 0. The summed E-state index contributed by atoms with van der Waals surface area (Å²) in [5.41, 5.74) is 4.01. The minimum atomic E-state index is 0.317. The zero-order valence-electron chi connectivity index (χ0n) is 18.3. The van der Waals surface area contributed by atoms with Crippen molar-refractivity contribution in [1.82, 2.24) is 25.3 Å². The molecular formula is C25H24N6O2. The molecular weight excluding hydrogens is 416 g/mol. The number of rotatable bonds is 7. The van der Waals surface area contributed by atoms with Crippen LogP contribution >= 0.6 is 0 Å². The maximum absolute atomic E-state index is 5.96. The van der Waals surface area contributed by atoms with E-state index in [9.17, 15) is 0 Å². The highest BCUT2D eigenvalue weighted by molar-refractivity contribution is 5.77. The van der Waals surface area contributed by atoms with Crippen molar-refractivity contribution in [1.29, 1.82) is 0 Å². The molecule has 1 unspecified atom stereocenters. The maximum Gasteiger partial charge on any atom is 0.131 e. The average Bonchev–Trinajstić information content (AvgIpc) is 3.31. The third-order valence-corrected chi connectivity index (χ3v) is 5.61. The number of pyridine rings is 1. The number of H-pyrrole nitrogens is 1. The molecule has 0 radical (unpaired) electrons. The smallest absolute Gasteiger partial charge is 0.131 e. The lowest BCUT2D eigenvalue weighted by atomic mass is 9.92. The number of nitrogens with one attached hydrogen (secondary N) is 1. The summed E-state index contributed by atoms with van der Waals surface area (Å²) in [7, 11) is 2.03. The van der Waals surface area contributed by atoms with Crippen LogP contribution in [0.3, 0.4) is 0 Å². The highest BCUT2D eigenvalue weighted by Crippen LogP contribution is 2.37. The predicted molar refractivity (Wildman–Crippen MR) is 128 cm³/mol. The van der Waals surface area contributed by atoms with E-state index in [0.29, 0.717) is 29.4 Å². The molecule has 3 heterocycles. The van der Waals surface area contributed by atoms with E-state index in [0.717, 1.165) is 35.7 Å². The Balaban J connectivity index is 1.32. The van der Waals surface area contributed by atoms with Gasteiger partial charge in [-0.15, -0.1) is 0 Å². The number of likely N-dealkylation sites (N-methyl/N-ethyl adjacent to an activating group) is 1. The Morgan fingerprint density at radius 2 is 2.03 bits per heavy atom. The first-order chi connectivity index (χ1) is 16.2. The van der Waals surface area contributed by atoms with Gasteiger partial charge in [0.15, 0.2) is 0 Å². The van der Waals surface area contributed by atoms with Crippen LogP contribution in [0.2, 0.25) is 0 Å². The largest absolute Gasteiger partial charge is 0.493 e. The van der Waals surface area contributed by atoms with Crippen molar-refractivity contribution in [2.45, 2.75) is 12.3 Å². The van der Waals surface area contributed by atoms with E-state index in [1.807, 2.05) is 61.8 Å². The molecule has 5 rings (SSSR count). The SMILES string of the molecule is C=N/C(=C\N(C)CC1CCOc2cc(Oc3ccccc3)ccc21)c1cc2n[nH]nc2cn1. The van der Waals surface area contributed by atoms with Crippen LogP contribution in [-0.4, -0.2) is 52.2 Å². The Hall–Kier alpha value is -4.20. The van der Waals surface area contributed by atoms with E-state index < -0.39 is 0 Å². The fraction of sp³-hybridized carbons (Fsp3) is 0.200. The molecule has 0 saturated heterocycles. The Labute approximate surface area is 191 Å². The zero-order valence-corrected chi connectivity index (χ0v) is 18.3. The van der Waals surface area contributed by atoms with Crippen molar-refractivity contribution in [3.05, 3.63) is 78.3 Å². The van der Waals surface area contributed by atoms with Crippen LogP contribution in [-0.2, 0) is 0 Å². The molecule has 33 heavy (non-hydrogen) atoms. The first kappa shape index (κ1) is 20.7. The summed E-state index contributed by atoms with van der Waals surface area (Å²) in [6, 6.07) is 17.7. The van der Waals surface area contributed by atoms with Gasteiger partial charge in [0, 0.05) is 31.8 Å². The molecule has 166 valence electrons. The molecule has 0 aliphatic carbocycles. The Morgan fingerprint density at radius 1 is 1.18 bits per heavy atom. The maximum atomic E-state index is 5.96. The molecule has 4 aromatic rings. The molecule has 0 spiro atoms. The van der Waals surface area contributed by atoms with Crippen molar-refractivity contribution in [3.8, 4) is 17.2 Å². The second-order valence-corrected chi connectivity index (χ2v) is 7.94. The van der Waals surface area contributed by atoms with E-state index >= 15 is 0 Å². The topological polar surface area (TPSA) is 88.5 Å². The number of ether oxygens (including phenoxy) is 2. The van der Waals surface area contributed by atoms with Gasteiger partial charge in [-0.05, 0) is 43.0 Å². The Morgan fingerprint density at radius 3 is 2.88 bits per heavy atom. The number of hydrogen-bond acceptors (Lipinski definition) is 7. The fourth-order valence-corrected chi connectivity index (χ4v) is 4.00. The van der Waals surface area contributed by atoms with Gasteiger partial charge in [0.05, 0.1) is 18.5 Å². The van der Waals surface area contributed by atoms with E-state index in [1.165, 1.54) is 5.56 Å². The lowest BCUT2D eigenvalue weighted by Crippen LogP contribution is -2.25. The lowest BCUT2D eigenvalue weighted by Gasteiger charge is -2.29. The van der Waals surface area contributed by atoms with Gasteiger partial charge < -0.3 is 14.4 Å². The van der Waals surface area contributed by atoms with Crippen LogP contribution in [0.25, 0.3) is 16.7 Å². The normalized spacial score (nSPS) is 15.5. The van der Waals surface area contributed by atoms with Crippen LogP contribution in [0.4, 0.5) is 0 Å². The monoisotopic (exact) mass is 440 g/mol. The molecule has 1 aliphatic heterocycles. The molecule has 8 heteroatoms. The second-order valence-electron chi connectivity index (χ2n) is 7.94. The minimum absolute atomic E-state index is 0.317. The van der Waals surface area contributed by atoms with Crippen molar-refractivity contribution in [2.24, 2.45) is 4.99 Å². The molecule has 1 atom stereocenters. The number of hydrogen-bond donors (Lipinski definition) is 1. The quantitative estimate of drug-likeness (QED) is 0.421. The summed E-state index contributed by atoms with van der Waals surface area (Å²) in [6.45, 7) is 5.20. The number of para-hydroxylation sites is 1. The first-order valence-corrected chi connectivity index (χ1v) is 10.7. The highest BCUT2D eigenvalue weighted by atomic mass is 16.5. The van der Waals surface area contributed by atoms with E-state index in [4.69, 9.17) is 9.47 Å². The number of aliphatic imine (C=N–C) groups is 1. The van der Waals surface area contributed by atoms with Gasteiger partial charge in [-0.3, -0.25) is 9.98 Å². The molecule has 8 nitrogen and oxygen atoms in total. The molecule has 0 bridgehead atoms. The lowest BCUT2D eigenvalue weighted by molar-refractivity contribution is 0.249. The summed E-state index contributed by atoms with van der Waals surface area (Å²) in [5, 5.41) is 10.8. The van der Waals surface area contributed by atoms with Crippen molar-refractivity contribution >= 4 is 23.4 Å². The second kappa shape index (κ2) is 9.12. The number of fused-ring (bicyclic) bond motifs is 2. The van der Waals surface area contributed by atoms with Gasteiger partial charge in [0.1, 0.15) is 34.0 Å². The molecule has 2 aromatic heterocycles. The van der Waals surface area contributed by atoms with Crippen molar-refractivity contribution in [3.63, 3.8) is 0 Å². The van der Waals surface area contributed by atoms with Crippen molar-refractivity contribution < 1.29 is 9.47 Å². The number of aromatic amines is 1. The average molecular weight is 441 g/mol. The highest BCUT2D eigenvalue weighted by Gasteiger charge is 2.23. The molecule has 0 saturated carbocycles. The van der Waals surface area contributed by atoms with Gasteiger partial charge in [-0.2, -0.15) is 15.4 Å². The predicted octanol–water partition coefficient (Wildman–Crippen LogP) is 4.64. The fourth-order valence-electron chi connectivity index (χ4n) is 4.00. The molecule has 1 aliphatic rings. The van der Waals surface area contributed by atoms with Crippen LogP contribution in [0.5, 0.6) is 17.2 Å². The summed E-state index contributed by atoms with van der Waals surface area (Å²) < 4.78 is 11.9. The molecule has 1 N–H and O–H groups in total. The van der Waals surface area contributed by atoms with Crippen LogP contribution < -0.4 is 9.47 Å². The van der Waals surface area contributed by atoms with Gasteiger partial charge >= 0.3 is 0 Å². The molecule has 0 fully saturated rings. The van der Waals surface area contributed by atoms with E-state index in [2.05, 4.69) is 43.1 Å². The van der Waals surface area contributed by atoms with Gasteiger partial charge in [0.25, 0.3) is 0 Å². The van der Waals surface area contributed by atoms with Gasteiger partial charge in [0.2, 0.25) is 0 Å². The summed E-state index contributed by atoms with van der Waals surface area (Å²) in [4.78, 5) is 10.7. The van der Waals surface area contributed by atoms with Crippen LogP contribution in [0, 0.1) is 0 Å². The minimum Gasteiger partial charge on any atom is -0.493 e. The summed E-state index contributed by atoms with van der Waals surface area (Å²) in [5.74, 6) is 2.76. The zero-order chi connectivity index (χ0) is 22.6. The standard InChI is InChI=1S/C25H24N6O2/c1-26-24(21-13-22-23(14-27-21)29-30-28-22)16-31(2)15-17-10-11-32-25-12-19(8-9-20(17)25)33-18-6-4-3-5-7-18/h3-9,12-14,16-17H,1,10-11,15H2,2H3,(H,28,29,30)/b24-16-. The Kier molecular flexibility index (Phi) is 5.72. The van der Waals surface area contributed by atoms with Crippen LogP contribution in [0.15, 0.2) is 72.0 Å². The van der Waals surface area contributed by atoms with Gasteiger partial charge in [-0.1, -0.05) is 24.3 Å². The van der Waals surface area contributed by atoms with E-state index in [1.54, 1.807) is 6.20 Å². The van der Waals surface area contributed by atoms with Crippen LogP contribution in [0.1, 0.15) is 23.6 Å². The first-order valence-electron chi connectivity index (χ1n) is 10.7. The van der Waals surface area contributed by atoms with Gasteiger partial charge in [-0.25, -0.2) is 0 Å².